The van der Waals surface area contributed by atoms with E-state index in [9.17, 15) is 9.59 Å². The molecule has 0 bridgehead atoms. The predicted octanol–water partition coefficient (Wildman–Crippen LogP) is 5.30. The van der Waals surface area contributed by atoms with Crippen LogP contribution in [0.1, 0.15) is 21.5 Å². The Kier molecular flexibility index (Phi) is 5.11. The summed E-state index contributed by atoms with van der Waals surface area (Å²) in [5.74, 6) is 0.558. The summed E-state index contributed by atoms with van der Waals surface area (Å²) in [6.07, 6.45) is 0. The summed E-state index contributed by atoms with van der Waals surface area (Å²) >= 11 is 0. The summed E-state index contributed by atoms with van der Waals surface area (Å²) in [6, 6.07) is 19.5. The highest BCUT2D eigenvalue weighted by Gasteiger charge is 2.15. The predicted molar refractivity (Wildman–Crippen MR) is 115 cm³/mol. The van der Waals surface area contributed by atoms with Crippen LogP contribution in [-0.2, 0) is 0 Å². The third-order valence-electron chi connectivity index (χ3n) is 4.98. The Labute approximate surface area is 173 Å². The van der Waals surface area contributed by atoms with Crippen LogP contribution in [0.3, 0.4) is 0 Å². The Balaban J connectivity index is 1.70. The molecule has 0 atom stereocenters. The molecule has 0 aliphatic heterocycles. The summed E-state index contributed by atoms with van der Waals surface area (Å²) < 4.78 is 16.2. The number of benzene rings is 3. The molecule has 0 saturated heterocycles. The van der Waals surface area contributed by atoms with Crippen LogP contribution in [0.4, 0.5) is 0 Å². The number of carbonyl (C=O) groups excluding carboxylic acids is 1. The van der Waals surface area contributed by atoms with Gasteiger partial charge in [0.05, 0.1) is 18.2 Å². The number of fused-ring (bicyclic) bond motifs is 1. The van der Waals surface area contributed by atoms with Crippen LogP contribution in [0.2, 0.25) is 0 Å². The first-order valence-corrected chi connectivity index (χ1v) is 9.47. The molecule has 1 heterocycles. The number of esters is 1. The van der Waals surface area contributed by atoms with Crippen LogP contribution in [0.15, 0.2) is 75.9 Å². The minimum atomic E-state index is -0.466. The number of methoxy groups -OCH3 is 1. The summed E-state index contributed by atoms with van der Waals surface area (Å²) in [5.41, 5.74) is 3.38. The van der Waals surface area contributed by atoms with Gasteiger partial charge in [-0.3, -0.25) is 0 Å². The topological polar surface area (TPSA) is 65.7 Å². The van der Waals surface area contributed by atoms with Crippen molar-refractivity contribution in [1.29, 1.82) is 0 Å². The maximum Gasteiger partial charge on any atom is 0.344 e. The second kappa shape index (κ2) is 7.87. The van der Waals surface area contributed by atoms with Crippen LogP contribution in [-0.4, -0.2) is 13.1 Å². The molecule has 1 aromatic heterocycles. The first-order chi connectivity index (χ1) is 14.5. The number of aryl methyl sites for hydroxylation is 2. The van der Waals surface area contributed by atoms with E-state index in [-0.39, 0.29) is 0 Å². The summed E-state index contributed by atoms with van der Waals surface area (Å²) in [4.78, 5) is 25.1. The van der Waals surface area contributed by atoms with Gasteiger partial charge in [0, 0.05) is 11.5 Å². The van der Waals surface area contributed by atoms with Gasteiger partial charge >= 0.3 is 11.6 Å². The summed E-state index contributed by atoms with van der Waals surface area (Å²) in [5, 5.41) is 0.774. The number of hydrogen-bond acceptors (Lipinski definition) is 5. The zero-order valence-corrected chi connectivity index (χ0v) is 16.9. The van der Waals surface area contributed by atoms with Crippen LogP contribution in [0.25, 0.3) is 22.1 Å². The van der Waals surface area contributed by atoms with Gasteiger partial charge in [-0.05, 0) is 61.4 Å². The van der Waals surface area contributed by atoms with E-state index < -0.39 is 11.6 Å². The minimum absolute atomic E-state index is 0.314. The molecule has 0 radical (unpaired) electrons. The molecular formula is C25H20O5. The Morgan fingerprint density at radius 2 is 1.63 bits per heavy atom. The van der Waals surface area contributed by atoms with E-state index in [0.717, 1.165) is 22.1 Å². The first kappa shape index (κ1) is 19.5. The molecule has 0 saturated carbocycles. The fraction of sp³-hybridized carbons (Fsp3) is 0.120. The van der Waals surface area contributed by atoms with Crippen LogP contribution < -0.4 is 15.1 Å². The molecule has 0 aliphatic rings. The largest absolute Gasteiger partial charge is 0.497 e. The molecule has 0 spiro atoms. The van der Waals surface area contributed by atoms with E-state index in [4.69, 9.17) is 13.9 Å². The van der Waals surface area contributed by atoms with Crippen molar-refractivity contribution in [2.24, 2.45) is 0 Å². The summed E-state index contributed by atoms with van der Waals surface area (Å²) in [7, 11) is 1.59. The van der Waals surface area contributed by atoms with E-state index >= 15 is 0 Å². The average Bonchev–Trinajstić information content (AvgIpc) is 2.74. The lowest BCUT2D eigenvalue weighted by atomic mass is 9.99. The van der Waals surface area contributed by atoms with E-state index in [1.165, 1.54) is 0 Å². The van der Waals surface area contributed by atoms with Crippen molar-refractivity contribution in [3.8, 4) is 22.6 Å². The van der Waals surface area contributed by atoms with E-state index in [1.807, 2.05) is 32.0 Å². The highest BCUT2D eigenvalue weighted by Crippen LogP contribution is 2.30. The number of hydrogen-bond donors (Lipinski definition) is 0. The molecule has 150 valence electrons. The van der Waals surface area contributed by atoms with Crippen LogP contribution in [0.5, 0.6) is 11.5 Å². The van der Waals surface area contributed by atoms with Crippen LogP contribution in [0, 0.1) is 13.8 Å². The second-order valence-electron chi connectivity index (χ2n) is 7.03. The smallest absolute Gasteiger partial charge is 0.344 e. The van der Waals surface area contributed by atoms with E-state index in [2.05, 4.69) is 0 Å². The normalized spacial score (nSPS) is 10.8. The summed E-state index contributed by atoms with van der Waals surface area (Å²) in [6.45, 7) is 3.78. The van der Waals surface area contributed by atoms with Gasteiger partial charge in [-0.2, -0.15) is 0 Å². The lowest BCUT2D eigenvalue weighted by Crippen LogP contribution is -2.09. The standard InChI is InChI=1S/C25H20O5/c1-15-5-4-6-18(13-15)24(26)29-20-11-12-21-16(2)23(25(27)30-22(21)14-20)17-7-9-19(28-3)10-8-17/h4-14H,1-3H3. The minimum Gasteiger partial charge on any atom is -0.497 e. The van der Waals surface area contributed by atoms with Crippen molar-refractivity contribution in [2.75, 3.05) is 7.11 Å². The highest BCUT2D eigenvalue weighted by atomic mass is 16.5. The Hall–Kier alpha value is -3.86. The third-order valence-corrected chi connectivity index (χ3v) is 4.98. The maximum absolute atomic E-state index is 12.7. The molecule has 5 heteroatoms. The fourth-order valence-electron chi connectivity index (χ4n) is 3.43. The number of rotatable bonds is 4. The van der Waals surface area contributed by atoms with Gasteiger partial charge in [0.1, 0.15) is 17.1 Å². The van der Waals surface area contributed by atoms with Crippen LogP contribution >= 0.6 is 0 Å². The monoisotopic (exact) mass is 400 g/mol. The van der Waals surface area contributed by atoms with Crippen molar-refractivity contribution < 1.29 is 18.7 Å². The van der Waals surface area contributed by atoms with Crippen molar-refractivity contribution >= 4 is 16.9 Å². The van der Waals surface area contributed by atoms with Gasteiger partial charge in [0.25, 0.3) is 0 Å². The molecule has 3 aromatic carbocycles. The van der Waals surface area contributed by atoms with Gasteiger partial charge in [-0.25, -0.2) is 9.59 Å². The Morgan fingerprint density at radius 1 is 0.900 bits per heavy atom. The molecule has 0 unspecified atom stereocenters. The van der Waals surface area contributed by atoms with Gasteiger partial charge in [-0.1, -0.05) is 29.8 Å². The highest BCUT2D eigenvalue weighted by molar-refractivity contribution is 5.92. The van der Waals surface area contributed by atoms with Crippen molar-refractivity contribution in [2.45, 2.75) is 13.8 Å². The Morgan fingerprint density at radius 3 is 2.33 bits per heavy atom. The van der Waals surface area contributed by atoms with Gasteiger partial charge in [-0.15, -0.1) is 0 Å². The Bertz CT molecular complexity index is 1300. The van der Waals surface area contributed by atoms with Gasteiger partial charge in [0.2, 0.25) is 0 Å². The van der Waals surface area contributed by atoms with Gasteiger partial charge in [0.15, 0.2) is 0 Å². The maximum atomic E-state index is 12.7. The average molecular weight is 400 g/mol. The van der Waals surface area contributed by atoms with Crippen molar-refractivity contribution in [1.82, 2.24) is 0 Å². The van der Waals surface area contributed by atoms with E-state index in [0.29, 0.717) is 28.2 Å². The van der Waals surface area contributed by atoms with E-state index in [1.54, 1.807) is 55.6 Å². The molecular weight excluding hydrogens is 380 g/mol. The molecule has 5 nitrogen and oxygen atoms in total. The van der Waals surface area contributed by atoms with Crippen molar-refractivity contribution in [3.63, 3.8) is 0 Å². The molecule has 0 fully saturated rings. The zero-order valence-electron chi connectivity index (χ0n) is 16.9. The lowest BCUT2D eigenvalue weighted by Gasteiger charge is -2.10. The van der Waals surface area contributed by atoms with Gasteiger partial charge < -0.3 is 13.9 Å². The molecule has 4 aromatic rings. The molecule has 0 N–H and O–H groups in total. The lowest BCUT2D eigenvalue weighted by molar-refractivity contribution is 0.0735. The SMILES string of the molecule is COc1ccc(-c2c(C)c3ccc(OC(=O)c4cccc(C)c4)cc3oc2=O)cc1. The molecule has 30 heavy (non-hydrogen) atoms. The second-order valence-corrected chi connectivity index (χ2v) is 7.03. The fourth-order valence-corrected chi connectivity index (χ4v) is 3.43. The molecule has 0 aliphatic carbocycles. The number of carbonyl (C=O) groups is 1. The third kappa shape index (κ3) is 3.70. The first-order valence-electron chi connectivity index (χ1n) is 9.47. The quantitative estimate of drug-likeness (QED) is 0.264. The molecule has 0 amide bonds. The molecule has 4 rings (SSSR count). The zero-order chi connectivity index (χ0) is 21.3. The van der Waals surface area contributed by atoms with Crippen molar-refractivity contribution in [3.05, 3.63) is 93.8 Å². The number of ether oxygens (including phenoxy) is 2.